The Morgan fingerprint density at radius 1 is 0.776 bits per heavy atom. The van der Waals surface area contributed by atoms with Crippen LogP contribution < -0.4 is 0 Å². The first-order valence-corrected chi connectivity index (χ1v) is 19.5. The predicted octanol–water partition coefficient (Wildman–Crippen LogP) is 13.2. The molecule has 0 N–H and O–H groups in total. The third-order valence-corrected chi connectivity index (χ3v) is 13.4. The molecule has 0 aliphatic heterocycles. The molecule has 3 heterocycles. The molecule has 5 heteroatoms. The zero-order chi connectivity index (χ0) is 32.9. The predicted molar refractivity (Wildman–Crippen MR) is 217 cm³/mol. The van der Waals surface area contributed by atoms with Crippen molar-refractivity contribution < 1.29 is 0 Å². The first-order valence-electron chi connectivity index (χ1n) is 16.7. The molecule has 236 valence electrons. The van der Waals surface area contributed by atoms with Crippen molar-refractivity contribution in [2.24, 2.45) is 0 Å². The fourth-order valence-electron chi connectivity index (χ4n) is 7.11. The van der Waals surface area contributed by atoms with Gasteiger partial charge in [-0.1, -0.05) is 100 Å². The summed E-state index contributed by atoms with van der Waals surface area (Å²) in [4.78, 5) is 11.2. The molecule has 3 aromatic heterocycles. The van der Waals surface area contributed by atoms with Crippen molar-refractivity contribution in [3.05, 3.63) is 156 Å². The van der Waals surface area contributed by atoms with Crippen LogP contribution in [0.1, 0.15) is 29.3 Å². The van der Waals surface area contributed by atoms with Crippen molar-refractivity contribution in [2.75, 3.05) is 6.16 Å². The summed E-state index contributed by atoms with van der Waals surface area (Å²) >= 11 is 3.74. The fourth-order valence-corrected chi connectivity index (χ4v) is 11.0. The SMILES string of the molecule is C=C(PC/C(=C\C)c1ccc2ccc(-c3cnc(-c4cccc5c4sc4ccccc45)nc3)cc2c1)C1=CCCc2c1sc1ccccc21. The van der Waals surface area contributed by atoms with Crippen molar-refractivity contribution in [1.82, 2.24) is 9.97 Å². The van der Waals surface area contributed by atoms with E-state index in [9.17, 15) is 0 Å². The molecular formula is C44H33N2PS2. The third kappa shape index (κ3) is 5.45. The molecule has 5 aromatic carbocycles. The summed E-state index contributed by atoms with van der Waals surface area (Å²) < 4.78 is 3.91. The van der Waals surface area contributed by atoms with Crippen LogP contribution in [0.5, 0.6) is 0 Å². The number of thiophene rings is 2. The molecule has 0 spiro atoms. The number of rotatable bonds is 7. The first-order chi connectivity index (χ1) is 24.1. The Bertz CT molecular complexity index is 2640. The van der Waals surface area contributed by atoms with Gasteiger partial charge in [0.25, 0.3) is 0 Å². The van der Waals surface area contributed by atoms with E-state index in [-0.39, 0.29) is 0 Å². The van der Waals surface area contributed by atoms with Crippen molar-refractivity contribution in [2.45, 2.75) is 19.8 Å². The van der Waals surface area contributed by atoms with Gasteiger partial charge in [0, 0.05) is 53.3 Å². The van der Waals surface area contributed by atoms with Gasteiger partial charge < -0.3 is 0 Å². The van der Waals surface area contributed by atoms with Gasteiger partial charge in [-0.25, -0.2) is 9.97 Å². The summed E-state index contributed by atoms with van der Waals surface area (Å²) in [5.41, 5.74) is 8.74. The van der Waals surface area contributed by atoms with E-state index in [1.807, 2.05) is 35.1 Å². The second kappa shape index (κ2) is 12.6. The Morgan fingerprint density at radius 2 is 1.53 bits per heavy atom. The molecule has 49 heavy (non-hydrogen) atoms. The Hall–Kier alpha value is -4.73. The van der Waals surface area contributed by atoms with E-state index in [0.717, 1.165) is 41.5 Å². The van der Waals surface area contributed by atoms with Crippen LogP contribution in [0.4, 0.5) is 0 Å². The lowest BCUT2D eigenvalue weighted by Gasteiger charge is -2.17. The van der Waals surface area contributed by atoms with Gasteiger partial charge in [0.15, 0.2) is 5.82 Å². The van der Waals surface area contributed by atoms with E-state index in [1.165, 1.54) is 73.5 Å². The average Bonchev–Trinajstić information content (AvgIpc) is 3.73. The average molecular weight is 685 g/mol. The summed E-state index contributed by atoms with van der Waals surface area (Å²) in [7, 11) is 0.637. The Labute approximate surface area is 296 Å². The minimum Gasteiger partial charge on any atom is -0.236 e. The molecule has 1 aliphatic carbocycles. The standard InChI is InChI=1S/C44H33N2PS2/c1-3-28(26-47-27(2)34-12-8-13-37-35-10-4-6-16-40(35)48-42(34)37)30-20-18-29-19-21-31(23-32(29)22-30)33-24-45-44(46-25-33)39-15-9-14-38-36-11-5-7-17-41(36)49-43(38)39/h3-7,9-12,14-25,47H,2,8,13,26H2,1H3/b28-3+. The summed E-state index contributed by atoms with van der Waals surface area (Å²) in [6.45, 7) is 6.76. The molecule has 1 unspecified atom stereocenters. The molecule has 0 fully saturated rings. The number of hydrogen-bond donors (Lipinski definition) is 0. The van der Waals surface area contributed by atoms with Crippen molar-refractivity contribution >= 4 is 83.4 Å². The van der Waals surface area contributed by atoms with Crippen LogP contribution in [0, 0.1) is 0 Å². The largest absolute Gasteiger partial charge is 0.236 e. The number of nitrogens with zero attached hydrogens (tertiary/aromatic N) is 2. The number of aryl methyl sites for hydroxylation is 1. The number of aromatic nitrogens is 2. The summed E-state index contributed by atoms with van der Waals surface area (Å²) in [5.74, 6) is 0.761. The third-order valence-electron chi connectivity index (χ3n) is 9.69. The molecule has 1 aliphatic rings. The highest BCUT2D eigenvalue weighted by atomic mass is 32.1. The fraction of sp³-hybridized carbons (Fsp3) is 0.0909. The maximum atomic E-state index is 4.87. The number of fused-ring (bicyclic) bond motifs is 7. The van der Waals surface area contributed by atoms with Crippen molar-refractivity contribution in [3.63, 3.8) is 0 Å². The molecule has 1 atom stereocenters. The molecule has 9 rings (SSSR count). The van der Waals surface area contributed by atoms with Crippen LogP contribution in [0.15, 0.2) is 140 Å². The molecule has 0 amide bonds. The lowest BCUT2D eigenvalue weighted by atomic mass is 9.96. The van der Waals surface area contributed by atoms with Crippen molar-refractivity contribution in [3.8, 4) is 22.5 Å². The molecule has 0 radical (unpaired) electrons. The lowest BCUT2D eigenvalue weighted by Crippen LogP contribution is -1.97. The lowest BCUT2D eigenvalue weighted by molar-refractivity contribution is 0.999. The van der Waals surface area contributed by atoms with Gasteiger partial charge in [0.05, 0.1) is 0 Å². The zero-order valence-corrected chi connectivity index (χ0v) is 29.8. The van der Waals surface area contributed by atoms with Gasteiger partial charge in [-0.05, 0) is 106 Å². The minimum atomic E-state index is 0.637. The highest BCUT2D eigenvalue weighted by Crippen LogP contribution is 2.47. The second-order valence-electron chi connectivity index (χ2n) is 12.6. The van der Waals surface area contributed by atoms with Crippen LogP contribution in [0.25, 0.3) is 74.7 Å². The topological polar surface area (TPSA) is 25.8 Å². The van der Waals surface area contributed by atoms with E-state index < -0.39 is 0 Å². The minimum absolute atomic E-state index is 0.637. The Balaban J connectivity index is 0.954. The molecule has 2 nitrogen and oxygen atoms in total. The van der Waals surface area contributed by atoms with E-state index in [0.29, 0.717) is 8.58 Å². The smallest absolute Gasteiger partial charge is 0.160 e. The van der Waals surface area contributed by atoms with Crippen LogP contribution in [-0.4, -0.2) is 16.1 Å². The molecule has 0 bridgehead atoms. The summed E-state index contributed by atoms with van der Waals surface area (Å²) in [6, 6.07) is 37.4. The maximum Gasteiger partial charge on any atom is 0.160 e. The maximum absolute atomic E-state index is 4.87. The molecule has 0 saturated carbocycles. The van der Waals surface area contributed by atoms with Crippen molar-refractivity contribution in [1.29, 1.82) is 0 Å². The summed E-state index contributed by atoms with van der Waals surface area (Å²) in [5, 5.41) is 7.69. The van der Waals surface area contributed by atoms with Crippen LogP contribution in [0.3, 0.4) is 0 Å². The first kappa shape index (κ1) is 30.3. The van der Waals surface area contributed by atoms with Crippen LogP contribution in [-0.2, 0) is 6.42 Å². The van der Waals surface area contributed by atoms with Gasteiger partial charge in [0.1, 0.15) is 0 Å². The van der Waals surface area contributed by atoms with Gasteiger partial charge in [-0.2, -0.15) is 0 Å². The normalized spacial score (nSPS) is 13.6. The van der Waals surface area contributed by atoms with E-state index in [4.69, 9.17) is 9.97 Å². The monoisotopic (exact) mass is 684 g/mol. The highest BCUT2D eigenvalue weighted by molar-refractivity contribution is 7.45. The van der Waals surface area contributed by atoms with Gasteiger partial charge >= 0.3 is 0 Å². The number of benzene rings is 5. The van der Waals surface area contributed by atoms with E-state index in [2.05, 4.69) is 129 Å². The van der Waals surface area contributed by atoms with Crippen LogP contribution >= 0.6 is 31.3 Å². The number of hydrogen-bond acceptors (Lipinski definition) is 4. The second-order valence-corrected chi connectivity index (χ2v) is 16.0. The van der Waals surface area contributed by atoms with Gasteiger partial charge in [-0.15, -0.1) is 22.7 Å². The van der Waals surface area contributed by atoms with E-state index >= 15 is 0 Å². The van der Waals surface area contributed by atoms with Gasteiger partial charge in [-0.3, -0.25) is 0 Å². The Morgan fingerprint density at radius 3 is 2.37 bits per heavy atom. The number of allylic oxidation sites excluding steroid dienone is 5. The quantitative estimate of drug-likeness (QED) is 0.156. The molecular weight excluding hydrogens is 652 g/mol. The zero-order valence-electron chi connectivity index (χ0n) is 27.2. The van der Waals surface area contributed by atoms with Gasteiger partial charge in [0.2, 0.25) is 0 Å². The highest BCUT2D eigenvalue weighted by Gasteiger charge is 2.20. The van der Waals surface area contributed by atoms with Crippen LogP contribution in [0.2, 0.25) is 0 Å². The van der Waals surface area contributed by atoms with E-state index in [1.54, 1.807) is 0 Å². The molecule has 0 saturated heterocycles. The molecule has 8 aromatic rings. The Kier molecular flexibility index (Phi) is 7.81. The summed E-state index contributed by atoms with van der Waals surface area (Å²) in [6.07, 6.45) is 11.8.